The first-order chi connectivity index (χ1) is 25.5. The minimum atomic E-state index is 0.356. The fraction of sp³-hybridized carbons (Fsp3) is 0.825. The highest BCUT2D eigenvalue weighted by molar-refractivity contribution is 5.25. The molecule has 0 radical (unpaired) electrons. The minimum Gasteiger partial charge on any atom is -0.0993 e. The van der Waals surface area contributed by atoms with Crippen molar-refractivity contribution in [2.75, 3.05) is 0 Å². The molecule has 0 aliphatic heterocycles. The number of aryl methyl sites for hydroxylation is 1. The van der Waals surface area contributed by atoms with Crippen LogP contribution in [0.25, 0.3) is 0 Å². The molecule has 3 aliphatic rings. The molecule has 0 amide bonds. The van der Waals surface area contributed by atoms with E-state index in [4.69, 9.17) is 0 Å². The number of allylic oxidation sites excluding steroid dienone is 3. The summed E-state index contributed by atoms with van der Waals surface area (Å²) in [6.45, 7) is 60.9. The number of hydrogen-bond acceptors (Lipinski definition) is 0. The van der Waals surface area contributed by atoms with E-state index in [0.29, 0.717) is 38.4 Å². The summed E-state index contributed by atoms with van der Waals surface area (Å²) in [5.41, 5.74) is 10.2. The molecule has 0 nitrogen and oxygen atoms in total. The summed E-state index contributed by atoms with van der Waals surface area (Å²) < 4.78 is 0. The molecule has 0 spiro atoms. The second-order valence-corrected chi connectivity index (χ2v) is 25.9. The maximum Gasteiger partial charge on any atom is -0.0142 e. The Morgan fingerprint density at radius 2 is 0.965 bits per heavy atom. The van der Waals surface area contributed by atoms with Crippen LogP contribution in [0.1, 0.15) is 234 Å². The first-order valence-electron chi connectivity index (χ1n) is 23.9. The first-order valence-corrected chi connectivity index (χ1v) is 23.9. The van der Waals surface area contributed by atoms with Gasteiger partial charge >= 0.3 is 0 Å². The van der Waals surface area contributed by atoms with Crippen LogP contribution in [-0.2, 0) is 0 Å². The third kappa shape index (κ3) is 17.3. The standard InChI is InChI=1S/C15H30.C15H28.C14H26.C13H20/c2*1-11-8-9-13(10-15(11,6)7)12(2)14(3,4)5;1-10-7-8-13(9-11(10)2)12(3)14(4,5)6;1-10-6-8-12(9-7-10)11(2)13(3,4)5/h11-13H,8-10H2,1-7H3;12-13H,1,8-10H2,2-7H3;12-13H,7-9H2,1-6H3;6-9,11H,1-5H3. The topological polar surface area (TPSA) is 0 Å². The lowest BCUT2D eigenvalue weighted by molar-refractivity contribution is 0.0455. The summed E-state index contributed by atoms with van der Waals surface area (Å²) in [6.07, 6.45) is 12.3. The predicted molar refractivity (Wildman–Crippen MR) is 261 cm³/mol. The Morgan fingerprint density at radius 1 is 0.544 bits per heavy atom. The number of hydrogen-bond donors (Lipinski definition) is 0. The Morgan fingerprint density at radius 3 is 1.35 bits per heavy atom. The lowest BCUT2D eigenvalue weighted by atomic mass is 9.60. The van der Waals surface area contributed by atoms with Crippen molar-refractivity contribution in [1.82, 2.24) is 0 Å². The van der Waals surface area contributed by atoms with Gasteiger partial charge in [-0.25, -0.2) is 0 Å². The van der Waals surface area contributed by atoms with Crippen LogP contribution in [-0.4, -0.2) is 0 Å². The third-order valence-corrected chi connectivity index (χ3v) is 16.9. The molecule has 1 aromatic carbocycles. The largest absolute Gasteiger partial charge is 0.0993 e. The van der Waals surface area contributed by atoms with E-state index in [1.54, 1.807) is 11.1 Å². The van der Waals surface area contributed by atoms with Gasteiger partial charge in [0.1, 0.15) is 0 Å². The first kappa shape index (κ1) is 53.7. The SMILES string of the molecule is C=C1CCC(C(C)C(C)(C)C)CC1(C)C.CC(C1CCC(C)C(C)(C)C1)C(C)(C)C.CC1=C(C)CC(C(C)C(C)(C)C)CC1.Cc1ccc(C(C)C(C)(C)C)cc1. The Balaban J connectivity index is 0.000000381. The van der Waals surface area contributed by atoms with E-state index in [1.165, 1.54) is 74.5 Å². The van der Waals surface area contributed by atoms with Crippen molar-refractivity contribution in [3.63, 3.8) is 0 Å². The van der Waals surface area contributed by atoms with Gasteiger partial charge in [-0.2, -0.15) is 0 Å². The summed E-state index contributed by atoms with van der Waals surface area (Å²) in [6, 6.07) is 8.87. The summed E-state index contributed by atoms with van der Waals surface area (Å²) in [7, 11) is 0. The van der Waals surface area contributed by atoms with Crippen LogP contribution in [0.15, 0.2) is 47.6 Å². The number of rotatable bonds is 4. The molecule has 3 aliphatic carbocycles. The molecule has 0 N–H and O–H groups in total. The lowest BCUT2D eigenvalue weighted by Crippen LogP contribution is -2.36. The Bertz CT molecular complexity index is 1360. The van der Waals surface area contributed by atoms with E-state index in [0.717, 1.165) is 41.4 Å². The van der Waals surface area contributed by atoms with Gasteiger partial charge in [-0.1, -0.05) is 199 Å². The minimum absolute atomic E-state index is 0.356. The van der Waals surface area contributed by atoms with Crippen LogP contribution in [0.4, 0.5) is 0 Å². The van der Waals surface area contributed by atoms with Crippen LogP contribution in [0.5, 0.6) is 0 Å². The Kier molecular flexibility index (Phi) is 19.8. The van der Waals surface area contributed by atoms with Gasteiger partial charge in [0, 0.05) is 0 Å². The molecule has 0 saturated heterocycles. The van der Waals surface area contributed by atoms with Crippen LogP contribution >= 0.6 is 0 Å². The molecule has 0 heterocycles. The van der Waals surface area contributed by atoms with Gasteiger partial charge in [-0.15, -0.1) is 0 Å². The van der Waals surface area contributed by atoms with E-state index < -0.39 is 0 Å². The van der Waals surface area contributed by atoms with Crippen LogP contribution in [0.2, 0.25) is 0 Å². The quantitative estimate of drug-likeness (QED) is 0.267. The van der Waals surface area contributed by atoms with Gasteiger partial charge in [0.05, 0.1) is 0 Å². The maximum absolute atomic E-state index is 4.22. The highest BCUT2D eigenvalue weighted by Crippen LogP contribution is 2.50. The summed E-state index contributed by atoms with van der Waals surface area (Å²) >= 11 is 0. The molecule has 2 saturated carbocycles. The third-order valence-electron chi connectivity index (χ3n) is 16.9. The molecular weight excluding hydrogens is 685 g/mol. The van der Waals surface area contributed by atoms with Gasteiger partial charge in [-0.3, -0.25) is 0 Å². The van der Waals surface area contributed by atoms with Crippen molar-refractivity contribution in [2.24, 2.45) is 73.9 Å². The average molecular weight is 789 g/mol. The molecule has 332 valence electrons. The normalized spacial score (nSPS) is 26.3. The molecule has 0 aromatic heterocycles. The van der Waals surface area contributed by atoms with Crippen molar-refractivity contribution < 1.29 is 0 Å². The second-order valence-electron chi connectivity index (χ2n) is 25.9. The molecule has 8 atom stereocenters. The number of benzene rings is 1. The fourth-order valence-electron chi connectivity index (χ4n) is 9.48. The van der Waals surface area contributed by atoms with Gasteiger partial charge in [-0.05, 0) is 164 Å². The highest BCUT2D eigenvalue weighted by atomic mass is 14.4. The summed E-state index contributed by atoms with van der Waals surface area (Å²) in [4.78, 5) is 0. The smallest absolute Gasteiger partial charge is 0.0142 e. The maximum atomic E-state index is 4.22. The van der Waals surface area contributed by atoms with Crippen LogP contribution in [0.3, 0.4) is 0 Å². The van der Waals surface area contributed by atoms with E-state index in [1.807, 2.05) is 0 Å². The van der Waals surface area contributed by atoms with Crippen LogP contribution in [0, 0.1) is 80.8 Å². The van der Waals surface area contributed by atoms with Gasteiger partial charge in [0.15, 0.2) is 0 Å². The zero-order chi connectivity index (χ0) is 44.7. The molecular formula is C57H104. The van der Waals surface area contributed by atoms with Gasteiger partial charge in [0.2, 0.25) is 0 Å². The van der Waals surface area contributed by atoms with Gasteiger partial charge < -0.3 is 0 Å². The molecule has 4 rings (SSSR count). The zero-order valence-corrected chi connectivity index (χ0v) is 43.5. The van der Waals surface area contributed by atoms with E-state index in [9.17, 15) is 0 Å². The van der Waals surface area contributed by atoms with Crippen molar-refractivity contribution in [1.29, 1.82) is 0 Å². The van der Waals surface area contributed by atoms with E-state index in [-0.39, 0.29) is 0 Å². The summed E-state index contributed by atoms with van der Waals surface area (Å²) in [5.74, 6) is 6.76. The molecule has 1 aromatic rings. The Labute approximate surface area is 361 Å². The fourth-order valence-corrected chi connectivity index (χ4v) is 9.48. The second kappa shape index (κ2) is 21.0. The lowest BCUT2D eigenvalue weighted by Gasteiger charge is -2.46. The highest BCUT2D eigenvalue weighted by Gasteiger charge is 2.39. The van der Waals surface area contributed by atoms with Crippen molar-refractivity contribution >= 4 is 0 Å². The van der Waals surface area contributed by atoms with Crippen molar-refractivity contribution in [3.8, 4) is 0 Å². The zero-order valence-electron chi connectivity index (χ0n) is 43.5. The average Bonchev–Trinajstić information content (AvgIpc) is 3.06. The molecule has 0 heteroatoms. The monoisotopic (exact) mass is 789 g/mol. The van der Waals surface area contributed by atoms with Crippen LogP contribution < -0.4 is 0 Å². The van der Waals surface area contributed by atoms with E-state index >= 15 is 0 Å². The molecule has 57 heavy (non-hydrogen) atoms. The Hall–Kier alpha value is -1.30. The van der Waals surface area contributed by atoms with Crippen molar-refractivity contribution in [2.45, 2.75) is 230 Å². The van der Waals surface area contributed by atoms with E-state index in [2.05, 4.69) is 197 Å². The molecule has 0 bridgehead atoms. The summed E-state index contributed by atoms with van der Waals surface area (Å²) in [5, 5.41) is 0. The molecule has 8 unspecified atom stereocenters. The molecule has 2 fully saturated rings. The van der Waals surface area contributed by atoms with Gasteiger partial charge in [0.25, 0.3) is 0 Å². The predicted octanol–water partition coefficient (Wildman–Crippen LogP) is 19.1. The van der Waals surface area contributed by atoms with Crippen molar-refractivity contribution in [3.05, 3.63) is 58.7 Å².